The minimum Gasteiger partial charge on any atom is -0.496 e. The third-order valence-corrected chi connectivity index (χ3v) is 6.69. The Morgan fingerprint density at radius 2 is 1.89 bits per heavy atom. The van der Waals surface area contributed by atoms with Crippen LogP contribution >= 0.6 is 37.2 Å². The van der Waals surface area contributed by atoms with Gasteiger partial charge in [-0.05, 0) is 32.0 Å². The van der Waals surface area contributed by atoms with Crippen LogP contribution in [0.5, 0.6) is 5.75 Å². The number of benzene rings is 1. The number of H-pyrrole nitrogens is 1. The van der Waals surface area contributed by atoms with Gasteiger partial charge in [-0.15, -0.1) is 37.2 Å². The molecule has 1 aliphatic rings. The summed E-state index contributed by atoms with van der Waals surface area (Å²) in [6.07, 6.45) is 6.48. The van der Waals surface area contributed by atoms with E-state index in [1.807, 2.05) is 44.3 Å². The highest BCUT2D eigenvalue weighted by Crippen LogP contribution is 2.30. The number of unbranched alkanes of at least 4 members (excludes halogenated alkanes) is 2. The first-order valence-electron chi connectivity index (χ1n) is 12.5. The van der Waals surface area contributed by atoms with Gasteiger partial charge in [0.15, 0.2) is 0 Å². The number of ketones is 1. The number of amides is 1. The molecule has 38 heavy (non-hydrogen) atoms. The van der Waals surface area contributed by atoms with Gasteiger partial charge in [0.1, 0.15) is 17.4 Å². The number of pyridine rings is 1. The lowest BCUT2D eigenvalue weighted by Crippen LogP contribution is -2.52. The van der Waals surface area contributed by atoms with Crippen LogP contribution in [0.15, 0.2) is 36.5 Å². The van der Waals surface area contributed by atoms with Crippen LogP contribution in [0.2, 0.25) is 0 Å². The summed E-state index contributed by atoms with van der Waals surface area (Å²) in [4.78, 5) is 39.3. The zero-order valence-electron chi connectivity index (χ0n) is 22.1. The maximum atomic E-state index is 12.8. The monoisotopic (exact) mass is 585 g/mol. The predicted molar refractivity (Wildman–Crippen MR) is 158 cm³/mol. The van der Waals surface area contributed by atoms with Crippen LogP contribution in [0, 0.1) is 5.92 Å². The van der Waals surface area contributed by atoms with Gasteiger partial charge in [0.05, 0.1) is 42.2 Å². The van der Waals surface area contributed by atoms with Crippen molar-refractivity contribution in [3.63, 3.8) is 0 Å². The molecular weight excluding hydrogens is 549 g/mol. The van der Waals surface area contributed by atoms with Crippen LogP contribution in [0.1, 0.15) is 57.3 Å². The summed E-state index contributed by atoms with van der Waals surface area (Å²) in [7, 11) is 3.67. The van der Waals surface area contributed by atoms with E-state index in [9.17, 15) is 9.59 Å². The maximum Gasteiger partial charge on any atom is 0.226 e. The molecule has 1 atom stereocenters. The predicted octanol–water partition coefficient (Wildman–Crippen LogP) is 5.55. The molecule has 0 aliphatic carbocycles. The Kier molecular flexibility index (Phi) is 14.1. The first-order chi connectivity index (χ1) is 17.0. The third kappa shape index (κ3) is 8.30. The molecule has 1 saturated heterocycles. The summed E-state index contributed by atoms with van der Waals surface area (Å²) in [5.74, 6) is 1.86. The number of Topliss-reactive ketones (excluding diaryl/α,β-unsaturated/α-hetero) is 1. The topological polar surface area (TPSA) is 100 Å². The fourth-order valence-corrected chi connectivity index (χ4v) is 4.55. The maximum absolute atomic E-state index is 12.8. The summed E-state index contributed by atoms with van der Waals surface area (Å²) in [6.45, 7) is 3.46. The van der Waals surface area contributed by atoms with Crippen LogP contribution < -0.4 is 10.1 Å². The van der Waals surface area contributed by atoms with Crippen LogP contribution in [-0.4, -0.2) is 58.8 Å². The van der Waals surface area contributed by atoms with Crippen LogP contribution in [0.4, 0.5) is 0 Å². The number of para-hydroxylation sites is 1. The standard InChI is InChI=1S/C27H35N5O3.3ClH/c1-4-19(33)10-6-5-7-13-22(31-27(34)18-16-32(2)17-18)26-28-15-24(30-26)23-14-25(35-3)20-11-8-9-12-21(20)29-23;;;/h8-9,11-12,14-15,18,22H,4-7,10,13,16-17H2,1-3H3,(H,28,30)(H,31,34);3*1H/t22-;;;/m0.../s1. The summed E-state index contributed by atoms with van der Waals surface area (Å²) < 4.78 is 5.59. The summed E-state index contributed by atoms with van der Waals surface area (Å²) in [5.41, 5.74) is 2.36. The van der Waals surface area contributed by atoms with E-state index < -0.39 is 0 Å². The molecule has 0 saturated carbocycles. The number of likely N-dealkylation sites (tertiary alicyclic amines) is 1. The fourth-order valence-electron chi connectivity index (χ4n) is 4.55. The number of fused-ring (bicyclic) bond motifs is 1. The Balaban J connectivity index is 0.00000241. The second kappa shape index (κ2) is 15.9. The highest BCUT2D eigenvalue weighted by atomic mass is 35.5. The van der Waals surface area contributed by atoms with Crippen LogP contribution in [-0.2, 0) is 9.59 Å². The molecule has 8 nitrogen and oxygen atoms in total. The van der Waals surface area contributed by atoms with Gasteiger partial charge in [0, 0.05) is 37.4 Å². The second-order valence-electron chi connectivity index (χ2n) is 9.38. The van der Waals surface area contributed by atoms with E-state index in [1.165, 1.54) is 0 Å². The molecule has 0 spiro atoms. The van der Waals surface area contributed by atoms with Crippen molar-refractivity contribution >= 4 is 59.8 Å². The Morgan fingerprint density at radius 1 is 1.16 bits per heavy atom. The lowest BCUT2D eigenvalue weighted by Gasteiger charge is -2.35. The van der Waals surface area contributed by atoms with Gasteiger partial charge >= 0.3 is 0 Å². The van der Waals surface area contributed by atoms with E-state index in [4.69, 9.17) is 9.72 Å². The molecule has 2 N–H and O–H groups in total. The Morgan fingerprint density at radius 3 is 2.58 bits per heavy atom. The molecule has 1 amide bonds. The van der Waals surface area contributed by atoms with E-state index in [1.54, 1.807) is 13.3 Å². The third-order valence-electron chi connectivity index (χ3n) is 6.69. The van der Waals surface area contributed by atoms with Crippen molar-refractivity contribution in [2.75, 3.05) is 27.2 Å². The van der Waals surface area contributed by atoms with E-state index in [-0.39, 0.29) is 55.1 Å². The average Bonchev–Trinajstić information content (AvgIpc) is 3.35. The Hall–Kier alpha value is -2.39. The first kappa shape index (κ1) is 33.6. The van der Waals surface area contributed by atoms with E-state index >= 15 is 0 Å². The largest absolute Gasteiger partial charge is 0.496 e. The minimum absolute atomic E-state index is 0. The lowest BCUT2D eigenvalue weighted by molar-refractivity contribution is -0.130. The van der Waals surface area contributed by atoms with Gasteiger partial charge in [-0.2, -0.15) is 0 Å². The summed E-state index contributed by atoms with van der Waals surface area (Å²) >= 11 is 0. The molecule has 1 fully saturated rings. The van der Waals surface area contributed by atoms with Gasteiger partial charge < -0.3 is 19.9 Å². The van der Waals surface area contributed by atoms with Crippen molar-refractivity contribution in [1.82, 2.24) is 25.2 Å². The highest BCUT2D eigenvalue weighted by Gasteiger charge is 2.31. The zero-order chi connectivity index (χ0) is 24.8. The number of nitrogens with one attached hydrogen (secondary N) is 2. The molecule has 1 aromatic carbocycles. The summed E-state index contributed by atoms with van der Waals surface area (Å²) in [6, 6.07) is 9.55. The number of aromatic nitrogens is 3. The normalized spacial score (nSPS) is 13.9. The first-order valence-corrected chi connectivity index (χ1v) is 12.5. The van der Waals surface area contributed by atoms with Crippen molar-refractivity contribution in [2.45, 2.75) is 51.5 Å². The number of carbonyl (C=O) groups excluding carboxylic acids is 2. The molecule has 210 valence electrons. The second-order valence-corrected chi connectivity index (χ2v) is 9.38. The van der Waals surface area contributed by atoms with Crippen molar-refractivity contribution in [1.29, 1.82) is 0 Å². The Bertz CT molecular complexity index is 1180. The van der Waals surface area contributed by atoms with Crippen molar-refractivity contribution in [3.05, 3.63) is 42.4 Å². The molecule has 0 bridgehead atoms. The van der Waals surface area contributed by atoms with E-state index in [0.717, 1.165) is 72.6 Å². The van der Waals surface area contributed by atoms with Gasteiger partial charge in [0.2, 0.25) is 5.91 Å². The quantitative estimate of drug-likeness (QED) is 0.270. The highest BCUT2D eigenvalue weighted by molar-refractivity contribution is 5.87. The van der Waals surface area contributed by atoms with E-state index in [2.05, 4.69) is 20.2 Å². The van der Waals surface area contributed by atoms with Crippen molar-refractivity contribution in [3.8, 4) is 17.1 Å². The smallest absolute Gasteiger partial charge is 0.226 e. The molecular formula is C27H38Cl3N5O3. The lowest BCUT2D eigenvalue weighted by atomic mass is 9.98. The molecule has 2 aromatic heterocycles. The van der Waals surface area contributed by atoms with Gasteiger partial charge in [-0.1, -0.05) is 31.9 Å². The van der Waals surface area contributed by atoms with Gasteiger partial charge in [0.25, 0.3) is 0 Å². The fraction of sp³-hybridized carbons (Fsp3) is 0.481. The number of hydrogen-bond acceptors (Lipinski definition) is 6. The van der Waals surface area contributed by atoms with Gasteiger partial charge in [-0.3, -0.25) is 9.59 Å². The summed E-state index contributed by atoms with van der Waals surface area (Å²) in [5, 5.41) is 4.17. The molecule has 3 aromatic rings. The molecule has 3 heterocycles. The van der Waals surface area contributed by atoms with Crippen LogP contribution in [0.25, 0.3) is 22.3 Å². The average molecular weight is 587 g/mol. The van der Waals surface area contributed by atoms with Gasteiger partial charge in [-0.25, -0.2) is 9.97 Å². The zero-order valence-corrected chi connectivity index (χ0v) is 24.5. The number of imidazole rings is 1. The number of rotatable bonds is 12. The molecule has 0 radical (unpaired) electrons. The molecule has 1 aliphatic heterocycles. The number of hydrogen-bond donors (Lipinski definition) is 2. The van der Waals surface area contributed by atoms with Crippen molar-refractivity contribution < 1.29 is 14.3 Å². The number of halogens is 3. The SMILES string of the molecule is CCC(=O)CCCCC[C@H](NC(=O)C1CN(C)C1)c1ncc(-c2cc(OC)c3ccccc3n2)[nH]1.Cl.Cl.Cl. The number of carbonyl (C=O) groups is 2. The molecule has 11 heteroatoms. The minimum atomic E-state index is -0.216. The Labute approximate surface area is 242 Å². The number of aromatic amines is 1. The van der Waals surface area contributed by atoms with Crippen molar-refractivity contribution in [2.24, 2.45) is 5.92 Å². The van der Waals surface area contributed by atoms with Crippen LogP contribution in [0.3, 0.4) is 0 Å². The van der Waals surface area contributed by atoms with E-state index in [0.29, 0.717) is 18.6 Å². The molecule has 0 unspecified atom stereocenters. The molecule has 4 rings (SSSR count). The number of nitrogens with zero attached hydrogens (tertiary/aromatic N) is 3. The number of methoxy groups -OCH3 is 1. The number of ether oxygens (including phenoxy) is 1.